The maximum Gasteiger partial charge on any atom is 0.266 e. The van der Waals surface area contributed by atoms with Gasteiger partial charge in [-0.25, -0.2) is 4.98 Å². The van der Waals surface area contributed by atoms with E-state index < -0.39 is 0 Å². The van der Waals surface area contributed by atoms with Gasteiger partial charge in [0.15, 0.2) is 6.61 Å². The molecule has 0 unspecified atom stereocenters. The summed E-state index contributed by atoms with van der Waals surface area (Å²) in [6, 6.07) is 14.8. The number of rotatable bonds is 4. The van der Waals surface area contributed by atoms with Crippen molar-refractivity contribution in [3.63, 3.8) is 0 Å². The minimum Gasteiger partial charge on any atom is -0.481 e. The van der Waals surface area contributed by atoms with Gasteiger partial charge in [-0.1, -0.05) is 30.3 Å². The molecule has 0 saturated carbocycles. The van der Waals surface area contributed by atoms with Crippen LogP contribution in [0.15, 0.2) is 59.7 Å². The Morgan fingerprint density at radius 3 is 2.76 bits per heavy atom. The van der Waals surface area contributed by atoms with Crippen LogP contribution in [0.2, 0.25) is 0 Å². The molecule has 33 heavy (non-hydrogen) atoms. The lowest BCUT2D eigenvalue weighted by molar-refractivity contribution is -0.120. The zero-order valence-corrected chi connectivity index (χ0v) is 18.8. The summed E-state index contributed by atoms with van der Waals surface area (Å²) in [7, 11) is 1.68. The third-order valence-corrected chi connectivity index (χ3v) is 6.82. The molecule has 8 nitrogen and oxygen atoms in total. The van der Waals surface area contributed by atoms with Crippen LogP contribution in [0.4, 0.5) is 11.4 Å². The lowest BCUT2D eigenvalue weighted by atomic mass is 10.2. The van der Waals surface area contributed by atoms with E-state index in [1.165, 1.54) is 22.6 Å². The van der Waals surface area contributed by atoms with Gasteiger partial charge in [-0.3, -0.25) is 19.0 Å². The molecular weight excluding hydrogens is 440 g/mol. The van der Waals surface area contributed by atoms with Crippen molar-refractivity contribution in [2.45, 2.75) is 13.5 Å². The normalized spacial score (nSPS) is 13.0. The smallest absolute Gasteiger partial charge is 0.266 e. The number of likely N-dealkylation sites (N-methyl/N-ethyl adjacent to an activating group) is 1. The highest BCUT2D eigenvalue weighted by Crippen LogP contribution is 2.34. The van der Waals surface area contributed by atoms with Crippen molar-refractivity contribution in [3.05, 3.63) is 81.2 Å². The summed E-state index contributed by atoms with van der Waals surface area (Å²) in [4.78, 5) is 44.8. The molecule has 9 heteroatoms. The fourth-order valence-electron chi connectivity index (χ4n) is 3.81. The summed E-state index contributed by atoms with van der Waals surface area (Å²) in [6.07, 6.45) is 1.52. The van der Waals surface area contributed by atoms with Gasteiger partial charge in [0, 0.05) is 18.8 Å². The minimum atomic E-state index is -0.329. The molecule has 5 rings (SSSR count). The molecule has 2 amide bonds. The predicted octanol–water partition coefficient (Wildman–Crippen LogP) is 3.42. The second-order valence-electron chi connectivity index (χ2n) is 7.78. The van der Waals surface area contributed by atoms with Crippen LogP contribution >= 0.6 is 11.3 Å². The molecule has 0 bridgehead atoms. The van der Waals surface area contributed by atoms with Gasteiger partial charge in [0.25, 0.3) is 17.4 Å². The summed E-state index contributed by atoms with van der Waals surface area (Å²) in [5, 5.41) is 3.32. The number of hydrogen-bond donors (Lipinski definition) is 1. The molecule has 1 aliphatic heterocycles. The number of ether oxygens (including phenoxy) is 1. The Bertz CT molecular complexity index is 1460. The minimum absolute atomic E-state index is 0.0444. The number of benzene rings is 2. The number of carbonyl (C=O) groups excluding carboxylic acids is 2. The molecule has 0 spiro atoms. The van der Waals surface area contributed by atoms with Crippen LogP contribution in [0.3, 0.4) is 0 Å². The average Bonchev–Trinajstić information content (AvgIpc) is 3.16. The van der Waals surface area contributed by atoms with E-state index in [0.29, 0.717) is 44.3 Å². The van der Waals surface area contributed by atoms with Gasteiger partial charge in [-0.2, -0.15) is 0 Å². The van der Waals surface area contributed by atoms with E-state index >= 15 is 0 Å². The number of amides is 2. The zero-order valence-electron chi connectivity index (χ0n) is 18.0. The highest BCUT2D eigenvalue weighted by Gasteiger charge is 2.24. The number of nitrogens with zero attached hydrogens (tertiary/aromatic N) is 3. The molecule has 166 valence electrons. The highest BCUT2D eigenvalue weighted by atomic mass is 32.1. The molecule has 3 heterocycles. The van der Waals surface area contributed by atoms with E-state index in [4.69, 9.17) is 4.74 Å². The van der Waals surface area contributed by atoms with E-state index in [1.54, 1.807) is 36.7 Å². The quantitative estimate of drug-likeness (QED) is 0.504. The summed E-state index contributed by atoms with van der Waals surface area (Å²) in [6.45, 7) is 2.13. The van der Waals surface area contributed by atoms with Crippen LogP contribution in [0.5, 0.6) is 5.75 Å². The van der Waals surface area contributed by atoms with E-state index in [0.717, 1.165) is 5.56 Å². The second kappa shape index (κ2) is 8.18. The first kappa shape index (κ1) is 20.9. The number of nitrogens with one attached hydrogen (secondary N) is 1. The molecule has 1 aliphatic rings. The number of carbonyl (C=O) groups is 2. The molecule has 0 atom stereocenters. The molecule has 0 radical (unpaired) electrons. The van der Waals surface area contributed by atoms with Crippen LogP contribution < -0.4 is 20.5 Å². The first-order chi connectivity index (χ1) is 15.9. The monoisotopic (exact) mass is 460 g/mol. The summed E-state index contributed by atoms with van der Waals surface area (Å²) >= 11 is 1.19. The lowest BCUT2D eigenvalue weighted by Crippen LogP contribution is -2.35. The van der Waals surface area contributed by atoms with Crippen molar-refractivity contribution in [1.29, 1.82) is 0 Å². The van der Waals surface area contributed by atoms with Crippen LogP contribution in [-0.4, -0.2) is 35.0 Å². The van der Waals surface area contributed by atoms with Crippen molar-refractivity contribution < 1.29 is 14.3 Å². The molecule has 0 aliphatic carbocycles. The number of aromatic nitrogens is 2. The van der Waals surface area contributed by atoms with E-state index in [1.807, 2.05) is 30.3 Å². The predicted molar refractivity (Wildman–Crippen MR) is 127 cm³/mol. The van der Waals surface area contributed by atoms with E-state index in [9.17, 15) is 14.4 Å². The summed E-state index contributed by atoms with van der Waals surface area (Å²) in [5.41, 5.74) is 2.60. The molecule has 4 aromatic rings. The van der Waals surface area contributed by atoms with Gasteiger partial charge in [0.2, 0.25) is 0 Å². The zero-order chi connectivity index (χ0) is 23.1. The van der Waals surface area contributed by atoms with Crippen molar-refractivity contribution in [3.8, 4) is 5.75 Å². The number of anilines is 2. The maximum atomic E-state index is 13.1. The van der Waals surface area contributed by atoms with Gasteiger partial charge in [0.05, 0.1) is 28.8 Å². The maximum absolute atomic E-state index is 13.1. The largest absolute Gasteiger partial charge is 0.481 e. The third-order valence-electron chi connectivity index (χ3n) is 5.62. The summed E-state index contributed by atoms with van der Waals surface area (Å²) < 4.78 is 7.04. The molecule has 2 aromatic carbocycles. The van der Waals surface area contributed by atoms with E-state index in [-0.39, 0.29) is 24.0 Å². The Balaban J connectivity index is 1.43. The van der Waals surface area contributed by atoms with Crippen LogP contribution in [0.1, 0.15) is 20.8 Å². The Morgan fingerprint density at radius 1 is 1.18 bits per heavy atom. The van der Waals surface area contributed by atoms with Crippen LogP contribution in [-0.2, 0) is 11.3 Å². The number of thiophene rings is 1. The summed E-state index contributed by atoms with van der Waals surface area (Å²) in [5.74, 6) is 0.0590. The Morgan fingerprint density at radius 2 is 1.97 bits per heavy atom. The molecule has 0 saturated heterocycles. The Labute approximate surface area is 193 Å². The van der Waals surface area contributed by atoms with Gasteiger partial charge >= 0.3 is 0 Å². The fourth-order valence-corrected chi connectivity index (χ4v) is 4.85. The molecule has 0 fully saturated rings. The lowest BCUT2D eigenvalue weighted by Gasteiger charge is -2.26. The van der Waals surface area contributed by atoms with Crippen molar-refractivity contribution in [1.82, 2.24) is 9.55 Å². The van der Waals surface area contributed by atoms with Gasteiger partial charge in [0.1, 0.15) is 10.6 Å². The van der Waals surface area contributed by atoms with Gasteiger partial charge in [-0.15, -0.1) is 11.3 Å². The SMILES string of the molecule is Cc1c(C(=O)Nc2ccc3c(c2)OCC(=O)N3C)sc2ncn(Cc3ccccc3)c(=O)c12. The van der Waals surface area contributed by atoms with Crippen LogP contribution in [0, 0.1) is 6.92 Å². The van der Waals surface area contributed by atoms with Gasteiger partial charge < -0.3 is 15.0 Å². The standard InChI is InChI=1S/C24H20N4O4S/c1-14-20-23(25-13-28(24(20)31)11-15-6-4-3-5-7-15)33-21(14)22(30)26-16-8-9-17-18(10-16)32-12-19(29)27(17)2/h3-10,13H,11-12H2,1-2H3,(H,26,30). The van der Waals surface area contributed by atoms with Gasteiger partial charge in [-0.05, 0) is 30.2 Å². The second-order valence-corrected chi connectivity index (χ2v) is 8.78. The average molecular weight is 461 g/mol. The van der Waals surface area contributed by atoms with Crippen molar-refractivity contribution in [2.24, 2.45) is 0 Å². The van der Waals surface area contributed by atoms with Crippen LogP contribution in [0.25, 0.3) is 10.2 Å². The third kappa shape index (κ3) is 3.76. The number of hydrogen-bond acceptors (Lipinski definition) is 6. The first-order valence-electron chi connectivity index (χ1n) is 10.3. The van der Waals surface area contributed by atoms with Crippen molar-refractivity contribution in [2.75, 3.05) is 23.9 Å². The molecular formula is C24H20N4O4S. The first-order valence-corrected chi connectivity index (χ1v) is 11.1. The topological polar surface area (TPSA) is 93.5 Å². The van der Waals surface area contributed by atoms with E-state index in [2.05, 4.69) is 10.3 Å². The Hall–Kier alpha value is -3.98. The molecule has 2 aromatic heterocycles. The molecule has 1 N–H and O–H groups in total. The highest BCUT2D eigenvalue weighted by molar-refractivity contribution is 7.20. The number of fused-ring (bicyclic) bond motifs is 2. The Kier molecular flexibility index (Phi) is 5.18. The fraction of sp³-hybridized carbons (Fsp3) is 0.167. The number of aryl methyl sites for hydroxylation is 1. The van der Waals surface area contributed by atoms with Crippen molar-refractivity contribution >= 4 is 44.7 Å².